The van der Waals surface area contributed by atoms with Gasteiger partial charge in [-0.1, -0.05) is 17.7 Å². The predicted octanol–water partition coefficient (Wildman–Crippen LogP) is 2.11. The Balaban J connectivity index is 1.96. The number of aromatic carboxylic acids is 1. The maximum atomic E-state index is 11.8. The summed E-state index contributed by atoms with van der Waals surface area (Å²) in [6.07, 6.45) is 2.63. The third kappa shape index (κ3) is 4.04. The number of nitrogens with one attached hydrogen (secondary N) is 1. The summed E-state index contributed by atoms with van der Waals surface area (Å²) in [6, 6.07) is 8.58. The molecule has 0 bridgehead atoms. The first-order valence-corrected chi connectivity index (χ1v) is 6.23. The molecule has 0 aliphatic carbocycles. The summed E-state index contributed by atoms with van der Waals surface area (Å²) in [5.74, 6) is -1.02. The number of carboxylic acid groups (broad SMARTS) is 1. The van der Waals surface area contributed by atoms with Gasteiger partial charge in [-0.05, 0) is 25.1 Å². The molecule has 1 heterocycles. The second kappa shape index (κ2) is 6.51. The van der Waals surface area contributed by atoms with Gasteiger partial charge in [-0.3, -0.25) is 9.78 Å². The van der Waals surface area contributed by atoms with Gasteiger partial charge < -0.3 is 15.2 Å². The largest absolute Gasteiger partial charge is 0.484 e. The molecule has 0 spiro atoms. The number of ether oxygens (including phenoxy) is 1. The highest BCUT2D eigenvalue weighted by molar-refractivity contribution is 6.00. The number of carboxylic acids is 1. The summed E-state index contributed by atoms with van der Waals surface area (Å²) < 4.78 is 5.32. The summed E-state index contributed by atoms with van der Waals surface area (Å²) >= 11 is 0. The quantitative estimate of drug-likeness (QED) is 0.878. The molecular formula is C15H14N2O4. The van der Waals surface area contributed by atoms with Crippen LogP contribution in [0.25, 0.3) is 0 Å². The van der Waals surface area contributed by atoms with Crippen LogP contribution < -0.4 is 10.1 Å². The van der Waals surface area contributed by atoms with Crippen molar-refractivity contribution in [1.29, 1.82) is 0 Å². The molecule has 6 heteroatoms. The van der Waals surface area contributed by atoms with E-state index in [1.165, 1.54) is 18.5 Å². The number of pyridine rings is 1. The number of benzene rings is 1. The summed E-state index contributed by atoms with van der Waals surface area (Å²) in [4.78, 5) is 26.6. The van der Waals surface area contributed by atoms with Crippen molar-refractivity contribution >= 4 is 17.6 Å². The fraction of sp³-hybridized carbons (Fsp3) is 0.133. The number of aryl methyl sites for hydroxylation is 1. The SMILES string of the molecule is Cc1ccc(OCC(=O)Nc2cnccc2C(=O)O)cc1. The number of amides is 1. The summed E-state index contributed by atoms with van der Waals surface area (Å²) in [5, 5.41) is 11.5. The van der Waals surface area contributed by atoms with Crippen LogP contribution in [0.15, 0.2) is 42.7 Å². The van der Waals surface area contributed by atoms with Gasteiger partial charge in [0, 0.05) is 6.20 Å². The van der Waals surface area contributed by atoms with Crippen LogP contribution in [0.3, 0.4) is 0 Å². The van der Waals surface area contributed by atoms with Gasteiger partial charge in [0.1, 0.15) is 5.75 Å². The van der Waals surface area contributed by atoms with Crippen molar-refractivity contribution < 1.29 is 19.4 Å². The molecule has 2 N–H and O–H groups in total. The number of hydrogen-bond donors (Lipinski definition) is 2. The number of nitrogens with zero attached hydrogens (tertiary/aromatic N) is 1. The lowest BCUT2D eigenvalue weighted by atomic mass is 10.2. The first-order valence-electron chi connectivity index (χ1n) is 6.23. The molecule has 21 heavy (non-hydrogen) atoms. The van der Waals surface area contributed by atoms with E-state index >= 15 is 0 Å². The van der Waals surface area contributed by atoms with Gasteiger partial charge in [-0.25, -0.2) is 4.79 Å². The van der Waals surface area contributed by atoms with Crippen molar-refractivity contribution in [1.82, 2.24) is 4.98 Å². The first-order chi connectivity index (χ1) is 10.1. The molecule has 6 nitrogen and oxygen atoms in total. The van der Waals surface area contributed by atoms with Crippen LogP contribution in [0.5, 0.6) is 5.75 Å². The molecule has 0 saturated carbocycles. The molecule has 108 valence electrons. The average Bonchev–Trinajstić information content (AvgIpc) is 2.47. The molecule has 1 amide bonds. The zero-order chi connectivity index (χ0) is 15.2. The number of anilines is 1. The van der Waals surface area contributed by atoms with E-state index in [1.54, 1.807) is 12.1 Å². The smallest absolute Gasteiger partial charge is 0.337 e. The summed E-state index contributed by atoms with van der Waals surface area (Å²) in [5.41, 5.74) is 1.21. The van der Waals surface area contributed by atoms with Crippen LogP contribution in [-0.2, 0) is 4.79 Å². The number of aromatic nitrogens is 1. The van der Waals surface area contributed by atoms with Gasteiger partial charge in [0.15, 0.2) is 6.61 Å². The molecule has 0 radical (unpaired) electrons. The van der Waals surface area contributed by atoms with E-state index in [4.69, 9.17) is 9.84 Å². The topological polar surface area (TPSA) is 88.5 Å². The van der Waals surface area contributed by atoms with E-state index in [-0.39, 0.29) is 17.9 Å². The standard InChI is InChI=1S/C15H14N2O4/c1-10-2-4-11(5-3-10)21-9-14(18)17-13-8-16-7-6-12(13)15(19)20/h2-8H,9H2,1H3,(H,17,18)(H,19,20). The molecule has 1 aromatic carbocycles. The van der Waals surface area contributed by atoms with Crippen LogP contribution in [0.4, 0.5) is 5.69 Å². The molecule has 0 aliphatic heterocycles. The van der Waals surface area contributed by atoms with Crippen LogP contribution in [0, 0.1) is 6.92 Å². The highest BCUT2D eigenvalue weighted by atomic mass is 16.5. The van der Waals surface area contributed by atoms with Gasteiger partial charge >= 0.3 is 5.97 Å². The van der Waals surface area contributed by atoms with Crippen molar-refractivity contribution in [3.05, 3.63) is 53.9 Å². The molecule has 1 aromatic heterocycles. The third-order valence-corrected chi connectivity index (χ3v) is 2.72. The highest BCUT2D eigenvalue weighted by Crippen LogP contribution is 2.14. The minimum absolute atomic E-state index is 0.0197. The van der Waals surface area contributed by atoms with E-state index in [2.05, 4.69) is 10.3 Å². The lowest BCUT2D eigenvalue weighted by Gasteiger charge is -2.09. The Bertz CT molecular complexity index is 653. The van der Waals surface area contributed by atoms with Crippen molar-refractivity contribution in [2.75, 3.05) is 11.9 Å². The van der Waals surface area contributed by atoms with E-state index < -0.39 is 11.9 Å². The Morgan fingerprint density at radius 1 is 1.24 bits per heavy atom. The molecule has 0 unspecified atom stereocenters. The Labute approximate surface area is 121 Å². The van der Waals surface area contributed by atoms with E-state index in [0.29, 0.717) is 5.75 Å². The molecule has 0 aliphatic rings. The predicted molar refractivity (Wildman–Crippen MR) is 76.5 cm³/mol. The van der Waals surface area contributed by atoms with E-state index in [1.807, 2.05) is 19.1 Å². The number of carbonyl (C=O) groups excluding carboxylic acids is 1. The maximum Gasteiger partial charge on any atom is 0.337 e. The normalized spacial score (nSPS) is 9.95. The van der Waals surface area contributed by atoms with Crippen molar-refractivity contribution in [2.24, 2.45) is 0 Å². The Morgan fingerprint density at radius 3 is 2.62 bits per heavy atom. The fourth-order valence-corrected chi connectivity index (χ4v) is 1.65. The van der Waals surface area contributed by atoms with Crippen LogP contribution in [0.1, 0.15) is 15.9 Å². The maximum absolute atomic E-state index is 11.8. The van der Waals surface area contributed by atoms with Crippen molar-refractivity contribution in [3.63, 3.8) is 0 Å². The fourth-order valence-electron chi connectivity index (χ4n) is 1.65. The zero-order valence-corrected chi connectivity index (χ0v) is 11.4. The minimum Gasteiger partial charge on any atom is -0.484 e. The van der Waals surface area contributed by atoms with Gasteiger partial charge in [-0.15, -0.1) is 0 Å². The van der Waals surface area contributed by atoms with Gasteiger partial charge in [-0.2, -0.15) is 0 Å². The Morgan fingerprint density at radius 2 is 1.95 bits per heavy atom. The highest BCUT2D eigenvalue weighted by Gasteiger charge is 2.12. The molecule has 2 rings (SSSR count). The lowest BCUT2D eigenvalue weighted by Crippen LogP contribution is -2.21. The zero-order valence-electron chi connectivity index (χ0n) is 11.4. The van der Waals surface area contributed by atoms with Crippen LogP contribution in [0.2, 0.25) is 0 Å². The summed E-state index contributed by atoms with van der Waals surface area (Å²) in [6.45, 7) is 1.74. The van der Waals surface area contributed by atoms with Gasteiger partial charge in [0.25, 0.3) is 5.91 Å². The Kier molecular flexibility index (Phi) is 4.50. The van der Waals surface area contributed by atoms with Gasteiger partial charge in [0.05, 0.1) is 17.4 Å². The molecule has 2 aromatic rings. The molecule has 0 fully saturated rings. The van der Waals surface area contributed by atoms with E-state index in [0.717, 1.165) is 5.56 Å². The first kappa shape index (κ1) is 14.5. The molecule has 0 atom stereocenters. The molecule has 0 saturated heterocycles. The van der Waals surface area contributed by atoms with Crippen molar-refractivity contribution in [2.45, 2.75) is 6.92 Å². The Hall–Kier alpha value is -2.89. The minimum atomic E-state index is -1.13. The number of carbonyl (C=O) groups is 2. The van der Waals surface area contributed by atoms with Gasteiger partial charge in [0.2, 0.25) is 0 Å². The third-order valence-electron chi connectivity index (χ3n) is 2.72. The number of hydrogen-bond acceptors (Lipinski definition) is 4. The number of rotatable bonds is 5. The van der Waals surface area contributed by atoms with Crippen molar-refractivity contribution in [3.8, 4) is 5.75 Å². The van der Waals surface area contributed by atoms with Crippen LogP contribution >= 0.6 is 0 Å². The van der Waals surface area contributed by atoms with Crippen LogP contribution in [-0.4, -0.2) is 28.6 Å². The second-order valence-corrected chi connectivity index (χ2v) is 4.38. The average molecular weight is 286 g/mol. The van der Waals surface area contributed by atoms with E-state index in [9.17, 15) is 9.59 Å². The molecular weight excluding hydrogens is 272 g/mol. The lowest BCUT2D eigenvalue weighted by molar-refractivity contribution is -0.118. The second-order valence-electron chi connectivity index (χ2n) is 4.38. The monoisotopic (exact) mass is 286 g/mol. The summed E-state index contributed by atoms with van der Waals surface area (Å²) in [7, 11) is 0.